The standard InChI is InChI=1S/C14H11ClN4O/c15-12-6-13-17-18-14(19(13)8-16-12)10-5-9-3-1-2-4-11(9)20-7-10/h1-4,6,8,10H,5,7H2. The van der Waals surface area contributed by atoms with Crippen molar-refractivity contribution in [2.24, 2.45) is 0 Å². The van der Waals surface area contributed by atoms with Crippen LogP contribution in [0.4, 0.5) is 0 Å². The fourth-order valence-electron chi connectivity index (χ4n) is 2.56. The molecule has 0 saturated carbocycles. The van der Waals surface area contributed by atoms with Crippen LogP contribution in [-0.4, -0.2) is 26.2 Å². The lowest BCUT2D eigenvalue weighted by atomic mass is 9.96. The Morgan fingerprint density at radius 2 is 2.15 bits per heavy atom. The molecule has 0 spiro atoms. The monoisotopic (exact) mass is 286 g/mol. The molecule has 0 amide bonds. The van der Waals surface area contributed by atoms with E-state index in [1.165, 1.54) is 5.56 Å². The summed E-state index contributed by atoms with van der Waals surface area (Å²) in [6.45, 7) is 0.598. The maximum Gasteiger partial charge on any atom is 0.165 e. The summed E-state index contributed by atoms with van der Waals surface area (Å²) in [7, 11) is 0. The van der Waals surface area contributed by atoms with Gasteiger partial charge in [0.2, 0.25) is 0 Å². The van der Waals surface area contributed by atoms with Crippen LogP contribution in [0.5, 0.6) is 5.75 Å². The lowest BCUT2D eigenvalue weighted by Gasteiger charge is -2.23. The molecule has 3 aromatic rings. The summed E-state index contributed by atoms with van der Waals surface area (Å²) in [6.07, 6.45) is 2.55. The minimum absolute atomic E-state index is 0.169. The van der Waals surface area contributed by atoms with Gasteiger partial charge in [0.15, 0.2) is 5.65 Å². The molecule has 100 valence electrons. The summed E-state index contributed by atoms with van der Waals surface area (Å²) >= 11 is 5.86. The fraction of sp³-hybridized carbons (Fsp3) is 0.214. The highest BCUT2D eigenvalue weighted by Gasteiger charge is 2.25. The molecule has 0 aliphatic carbocycles. The van der Waals surface area contributed by atoms with Crippen molar-refractivity contribution in [2.45, 2.75) is 12.3 Å². The van der Waals surface area contributed by atoms with Crippen LogP contribution in [-0.2, 0) is 6.42 Å². The number of hydrogen-bond donors (Lipinski definition) is 0. The molecule has 0 saturated heterocycles. The number of nitrogens with zero attached hydrogens (tertiary/aromatic N) is 4. The number of para-hydroxylation sites is 1. The van der Waals surface area contributed by atoms with E-state index in [4.69, 9.17) is 16.3 Å². The van der Waals surface area contributed by atoms with Gasteiger partial charge in [-0.25, -0.2) is 4.98 Å². The Hall–Kier alpha value is -2.14. The first-order valence-electron chi connectivity index (χ1n) is 6.38. The molecule has 4 rings (SSSR count). The van der Waals surface area contributed by atoms with Gasteiger partial charge in [-0.05, 0) is 18.1 Å². The maximum atomic E-state index is 5.86. The van der Waals surface area contributed by atoms with Crippen LogP contribution >= 0.6 is 11.6 Å². The second-order valence-electron chi connectivity index (χ2n) is 4.82. The first-order chi connectivity index (χ1) is 9.81. The normalized spacial score (nSPS) is 17.8. The van der Waals surface area contributed by atoms with Gasteiger partial charge in [0.05, 0.1) is 12.5 Å². The van der Waals surface area contributed by atoms with Gasteiger partial charge in [-0.15, -0.1) is 10.2 Å². The van der Waals surface area contributed by atoms with E-state index in [0.29, 0.717) is 17.4 Å². The van der Waals surface area contributed by atoms with E-state index in [-0.39, 0.29) is 5.92 Å². The first kappa shape index (κ1) is 11.7. The number of fused-ring (bicyclic) bond motifs is 2. The van der Waals surface area contributed by atoms with Crippen LogP contribution in [0, 0.1) is 0 Å². The third kappa shape index (κ3) is 1.82. The van der Waals surface area contributed by atoms with Crippen LogP contribution in [0.2, 0.25) is 5.15 Å². The van der Waals surface area contributed by atoms with Crippen molar-refractivity contribution in [2.75, 3.05) is 6.61 Å². The average Bonchev–Trinajstić information content (AvgIpc) is 2.89. The van der Waals surface area contributed by atoms with E-state index >= 15 is 0 Å². The predicted molar refractivity (Wildman–Crippen MR) is 74.2 cm³/mol. The van der Waals surface area contributed by atoms with Crippen molar-refractivity contribution in [3.05, 3.63) is 53.2 Å². The van der Waals surface area contributed by atoms with Gasteiger partial charge in [0.25, 0.3) is 0 Å². The number of rotatable bonds is 1. The molecular formula is C14H11ClN4O. The van der Waals surface area contributed by atoms with Crippen molar-refractivity contribution in [3.63, 3.8) is 0 Å². The van der Waals surface area contributed by atoms with Crippen molar-refractivity contribution in [1.82, 2.24) is 19.6 Å². The fourth-order valence-corrected chi connectivity index (χ4v) is 2.70. The molecular weight excluding hydrogens is 276 g/mol. The summed E-state index contributed by atoms with van der Waals surface area (Å²) in [5.74, 6) is 1.99. The van der Waals surface area contributed by atoms with Crippen LogP contribution in [0.3, 0.4) is 0 Å². The molecule has 2 aromatic heterocycles. The lowest BCUT2D eigenvalue weighted by Crippen LogP contribution is -2.21. The average molecular weight is 287 g/mol. The molecule has 1 unspecified atom stereocenters. The Labute approximate surface area is 120 Å². The lowest BCUT2D eigenvalue weighted by molar-refractivity contribution is 0.257. The predicted octanol–water partition coefficient (Wildman–Crippen LogP) is 2.50. The molecule has 1 aliphatic rings. The van der Waals surface area contributed by atoms with Crippen molar-refractivity contribution >= 4 is 17.2 Å². The van der Waals surface area contributed by atoms with E-state index in [9.17, 15) is 0 Å². The summed E-state index contributed by atoms with van der Waals surface area (Å²) in [5, 5.41) is 8.83. The second kappa shape index (κ2) is 4.45. The first-order valence-corrected chi connectivity index (χ1v) is 6.76. The third-order valence-corrected chi connectivity index (χ3v) is 3.74. The molecule has 0 fully saturated rings. The Kier molecular flexibility index (Phi) is 2.60. The summed E-state index contributed by atoms with van der Waals surface area (Å²) in [5.41, 5.74) is 1.90. The van der Waals surface area contributed by atoms with Crippen LogP contribution < -0.4 is 4.74 Å². The molecule has 1 aliphatic heterocycles. The molecule has 6 heteroatoms. The van der Waals surface area contributed by atoms with Gasteiger partial charge in [0.1, 0.15) is 23.1 Å². The van der Waals surface area contributed by atoms with Crippen LogP contribution in [0.15, 0.2) is 36.7 Å². The molecule has 0 N–H and O–H groups in total. The number of ether oxygens (including phenoxy) is 1. The Balaban J connectivity index is 1.74. The van der Waals surface area contributed by atoms with E-state index in [2.05, 4.69) is 21.2 Å². The van der Waals surface area contributed by atoms with Gasteiger partial charge >= 0.3 is 0 Å². The van der Waals surface area contributed by atoms with Crippen molar-refractivity contribution < 1.29 is 4.74 Å². The zero-order chi connectivity index (χ0) is 13.5. The molecule has 5 nitrogen and oxygen atoms in total. The van der Waals surface area contributed by atoms with Crippen LogP contribution in [0.1, 0.15) is 17.3 Å². The molecule has 20 heavy (non-hydrogen) atoms. The summed E-state index contributed by atoms with van der Waals surface area (Å²) in [6, 6.07) is 9.79. The van der Waals surface area contributed by atoms with Crippen LogP contribution in [0.25, 0.3) is 5.65 Å². The van der Waals surface area contributed by atoms with E-state index < -0.39 is 0 Å². The van der Waals surface area contributed by atoms with Gasteiger partial charge in [0, 0.05) is 6.07 Å². The topological polar surface area (TPSA) is 52.3 Å². The van der Waals surface area contributed by atoms with E-state index in [0.717, 1.165) is 18.0 Å². The maximum absolute atomic E-state index is 5.86. The third-order valence-electron chi connectivity index (χ3n) is 3.54. The zero-order valence-corrected chi connectivity index (χ0v) is 11.3. The van der Waals surface area contributed by atoms with Gasteiger partial charge in [-0.2, -0.15) is 0 Å². The molecule has 1 aromatic carbocycles. The van der Waals surface area contributed by atoms with Crippen molar-refractivity contribution in [1.29, 1.82) is 0 Å². The van der Waals surface area contributed by atoms with Gasteiger partial charge in [-0.3, -0.25) is 4.40 Å². The summed E-state index contributed by atoms with van der Waals surface area (Å²) in [4.78, 5) is 4.09. The number of benzene rings is 1. The SMILES string of the molecule is Clc1cc2nnc(C3COc4ccccc4C3)n2cn1. The minimum Gasteiger partial charge on any atom is -0.493 e. The van der Waals surface area contributed by atoms with Gasteiger partial charge in [-0.1, -0.05) is 29.8 Å². The highest BCUT2D eigenvalue weighted by atomic mass is 35.5. The number of halogens is 1. The second-order valence-corrected chi connectivity index (χ2v) is 5.21. The molecule has 1 atom stereocenters. The smallest absolute Gasteiger partial charge is 0.165 e. The molecule has 0 bridgehead atoms. The highest BCUT2D eigenvalue weighted by molar-refractivity contribution is 6.29. The zero-order valence-electron chi connectivity index (χ0n) is 10.5. The van der Waals surface area contributed by atoms with Gasteiger partial charge < -0.3 is 4.74 Å². The number of aromatic nitrogens is 4. The van der Waals surface area contributed by atoms with Crippen molar-refractivity contribution in [3.8, 4) is 5.75 Å². The quantitative estimate of drug-likeness (QED) is 0.645. The van der Waals surface area contributed by atoms with E-state index in [1.807, 2.05) is 22.6 Å². The minimum atomic E-state index is 0.169. The molecule has 3 heterocycles. The Morgan fingerprint density at radius 3 is 3.10 bits per heavy atom. The summed E-state index contributed by atoms with van der Waals surface area (Å²) < 4.78 is 7.67. The van der Waals surface area contributed by atoms with E-state index in [1.54, 1.807) is 12.4 Å². The highest BCUT2D eigenvalue weighted by Crippen LogP contribution is 2.31. The molecule has 0 radical (unpaired) electrons. The number of hydrogen-bond acceptors (Lipinski definition) is 4. The largest absolute Gasteiger partial charge is 0.493 e. The Bertz CT molecular complexity index is 786. The Morgan fingerprint density at radius 1 is 1.25 bits per heavy atom.